The molecule has 180 valence electrons. The molecular weight excluding hydrogens is 442 g/mol. The van der Waals surface area contributed by atoms with Crippen molar-refractivity contribution >= 4 is 17.9 Å². The van der Waals surface area contributed by atoms with Crippen LogP contribution < -0.4 is 15.9 Å². The number of nitrogens with zero attached hydrogens (tertiary/aromatic N) is 7. The number of nitrogen functional groups attached to an aromatic ring is 1. The Hall–Kier alpha value is -4.00. The molecule has 1 aromatic carbocycles. The molecule has 1 fully saturated rings. The van der Waals surface area contributed by atoms with Gasteiger partial charge in [0.2, 0.25) is 11.6 Å². The summed E-state index contributed by atoms with van der Waals surface area (Å²) in [6.07, 6.45) is 5.96. The molecule has 4 N–H and O–H groups in total. The minimum absolute atomic E-state index is 0.0272. The Morgan fingerprint density at radius 3 is 2.79 bits per heavy atom. The number of ether oxygens (including phenoxy) is 1. The second-order valence-electron chi connectivity index (χ2n) is 7.82. The third kappa shape index (κ3) is 5.31. The number of benzene rings is 1. The average Bonchev–Trinajstić information content (AvgIpc) is 3.33. The number of hydrogen-bond acceptors (Lipinski definition) is 11. The Labute approximate surface area is 195 Å². The highest BCUT2D eigenvalue weighted by atomic mass is 16.6. The molecule has 2 aromatic heterocycles. The molecule has 3 heterocycles. The van der Waals surface area contributed by atoms with Crippen LogP contribution in [0.1, 0.15) is 54.4 Å². The van der Waals surface area contributed by atoms with E-state index in [1.54, 1.807) is 12.1 Å². The van der Waals surface area contributed by atoms with Crippen molar-refractivity contribution in [2.24, 2.45) is 5.10 Å². The topological polar surface area (TPSA) is 170 Å². The van der Waals surface area contributed by atoms with Crippen LogP contribution in [0.5, 0.6) is 11.5 Å². The normalized spacial score (nSPS) is 14.9. The van der Waals surface area contributed by atoms with Crippen LogP contribution in [-0.2, 0) is 6.54 Å². The van der Waals surface area contributed by atoms with Gasteiger partial charge in [-0.1, -0.05) is 18.1 Å². The summed E-state index contributed by atoms with van der Waals surface area (Å²) in [5, 5.41) is 29.4. The molecule has 4 rings (SSSR count). The minimum atomic E-state index is -0.536. The van der Waals surface area contributed by atoms with Gasteiger partial charge in [0.15, 0.2) is 17.2 Å². The lowest BCUT2D eigenvalue weighted by Gasteiger charge is -2.20. The van der Waals surface area contributed by atoms with Gasteiger partial charge < -0.3 is 15.6 Å². The average molecular weight is 470 g/mol. The molecule has 0 unspecified atom stereocenters. The van der Waals surface area contributed by atoms with Crippen molar-refractivity contribution in [3.63, 3.8) is 0 Å². The highest BCUT2D eigenvalue weighted by Gasteiger charge is 2.25. The van der Waals surface area contributed by atoms with Crippen molar-refractivity contribution in [3.8, 4) is 17.3 Å². The molecule has 1 aliphatic heterocycles. The first-order valence-electron chi connectivity index (χ1n) is 11.1. The zero-order valence-corrected chi connectivity index (χ0v) is 18.8. The summed E-state index contributed by atoms with van der Waals surface area (Å²) < 4.78 is 11.4. The Morgan fingerprint density at radius 2 is 2.09 bits per heavy atom. The van der Waals surface area contributed by atoms with Gasteiger partial charge in [-0.15, -0.1) is 5.10 Å². The van der Waals surface area contributed by atoms with Gasteiger partial charge in [-0.2, -0.15) is 9.78 Å². The monoisotopic (exact) mass is 469 g/mol. The maximum atomic E-state index is 12.9. The van der Waals surface area contributed by atoms with E-state index in [2.05, 4.69) is 36.1 Å². The Morgan fingerprint density at radius 1 is 1.29 bits per heavy atom. The van der Waals surface area contributed by atoms with Crippen LogP contribution in [0, 0.1) is 0 Å². The van der Waals surface area contributed by atoms with E-state index in [1.807, 2.05) is 6.92 Å². The Kier molecular flexibility index (Phi) is 7.32. The van der Waals surface area contributed by atoms with Crippen LogP contribution in [0.25, 0.3) is 5.82 Å². The predicted octanol–water partition coefficient (Wildman–Crippen LogP) is 1.48. The van der Waals surface area contributed by atoms with E-state index in [-0.39, 0.29) is 23.1 Å². The molecule has 0 atom stereocenters. The quantitative estimate of drug-likeness (QED) is 0.324. The van der Waals surface area contributed by atoms with E-state index < -0.39 is 5.91 Å². The van der Waals surface area contributed by atoms with E-state index in [1.165, 1.54) is 29.8 Å². The fourth-order valence-electron chi connectivity index (χ4n) is 3.73. The molecule has 1 aliphatic rings. The van der Waals surface area contributed by atoms with Gasteiger partial charge in [0.25, 0.3) is 5.91 Å². The molecular formula is C21H27N9O4. The van der Waals surface area contributed by atoms with Crippen molar-refractivity contribution in [3.05, 3.63) is 35.2 Å². The van der Waals surface area contributed by atoms with Gasteiger partial charge in [-0.3, -0.25) is 9.69 Å². The van der Waals surface area contributed by atoms with Crippen LogP contribution in [0.3, 0.4) is 0 Å². The number of anilines is 1. The number of nitrogens with one attached hydrogen (secondary N) is 1. The maximum absolute atomic E-state index is 12.9. The second kappa shape index (κ2) is 10.7. The number of hydrazone groups is 1. The number of phenolic OH excluding ortho intramolecular Hbond substituents is 1. The molecule has 3 aromatic rings. The highest BCUT2D eigenvalue weighted by molar-refractivity contribution is 5.94. The van der Waals surface area contributed by atoms with Gasteiger partial charge in [-0.25, -0.2) is 10.1 Å². The summed E-state index contributed by atoms with van der Waals surface area (Å²) in [5.74, 6) is 0.0432. The number of carbonyl (C=O) groups is 1. The van der Waals surface area contributed by atoms with E-state index in [4.69, 9.17) is 15.1 Å². The van der Waals surface area contributed by atoms with Crippen molar-refractivity contribution in [1.82, 2.24) is 35.6 Å². The molecule has 0 spiro atoms. The summed E-state index contributed by atoms with van der Waals surface area (Å²) in [4.78, 5) is 15.2. The second-order valence-corrected chi connectivity index (χ2v) is 7.82. The molecule has 0 aliphatic carbocycles. The predicted molar refractivity (Wildman–Crippen MR) is 122 cm³/mol. The van der Waals surface area contributed by atoms with Gasteiger partial charge >= 0.3 is 0 Å². The van der Waals surface area contributed by atoms with E-state index in [0.717, 1.165) is 25.9 Å². The lowest BCUT2D eigenvalue weighted by molar-refractivity contribution is 0.0947. The molecule has 0 saturated carbocycles. The van der Waals surface area contributed by atoms with Crippen molar-refractivity contribution < 1.29 is 19.3 Å². The summed E-state index contributed by atoms with van der Waals surface area (Å²) in [5.41, 5.74) is 9.58. The van der Waals surface area contributed by atoms with Crippen molar-refractivity contribution in [2.45, 2.75) is 39.2 Å². The molecule has 1 saturated heterocycles. The van der Waals surface area contributed by atoms with Gasteiger partial charge in [0.1, 0.15) is 0 Å². The molecule has 0 bridgehead atoms. The number of rotatable bonds is 8. The first-order chi connectivity index (χ1) is 16.6. The first-order valence-corrected chi connectivity index (χ1v) is 11.1. The smallest absolute Gasteiger partial charge is 0.293 e. The van der Waals surface area contributed by atoms with Crippen LogP contribution in [0.4, 0.5) is 5.82 Å². The summed E-state index contributed by atoms with van der Waals surface area (Å²) >= 11 is 0. The Bertz CT molecular complexity index is 1150. The fraction of sp³-hybridized carbons (Fsp3) is 0.429. The zero-order valence-electron chi connectivity index (χ0n) is 18.8. The van der Waals surface area contributed by atoms with Crippen LogP contribution in [0.15, 0.2) is 27.9 Å². The molecule has 34 heavy (non-hydrogen) atoms. The molecule has 13 heteroatoms. The lowest BCUT2D eigenvalue weighted by atomic mass is 10.2. The van der Waals surface area contributed by atoms with E-state index in [0.29, 0.717) is 30.2 Å². The third-order valence-electron chi connectivity index (χ3n) is 5.41. The molecule has 1 amide bonds. The van der Waals surface area contributed by atoms with Crippen molar-refractivity contribution in [1.29, 1.82) is 0 Å². The number of hydrogen-bond donors (Lipinski definition) is 3. The van der Waals surface area contributed by atoms with Crippen LogP contribution in [-0.4, -0.2) is 67.1 Å². The van der Waals surface area contributed by atoms with Crippen molar-refractivity contribution in [2.75, 3.05) is 25.4 Å². The number of nitrogens with two attached hydrogens (primary N) is 1. The SMILES string of the molecule is CCOc1cc(/C=N\NC(=O)c2nnn(-c3nonc3N)c2CN2CCCCCC2)ccc1O. The lowest BCUT2D eigenvalue weighted by Crippen LogP contribution is -2.28. The largest absolute Gasteiger partial charge is 0.504 e. The summed E-state index contributed by atoms with van der Waals surface area (Å²) in [6.45, 7) is 4.47. The van der Waals surface area contributed by atoms with Crippen LogP contribution in [0.2, 0.25) is 0 Å². The van der Waals surface area contributed by atoms with Gasteiger partial charge in [0.05, 0.1) is 18.5 Å². The van der Waals surface area contributed by atoms with E-state index in [9.17, 15) is 9.90 Å². The van der Waals surface area contributed by atoms with Gasteiger partial charge in [-0.05, 0) is 66.9 Å². The van der Waals surface area contributed by atoms with Crippen LogP contribution >= 0.6 is 0 Å². The highest BCUT2D eigenvalue weighted by Crippen LogP contribution is 2.26. The Balaban J connectivity index is 1.55. The number of likely N-dealkylation sites (tertiary alicyclic amines) is 1. The zero-order chi connectivity index (χ0) is 23.9. The number of aromatic hydroxyl groups is 1. The molecule has 13 nitrogen and oxygen atoms in total. The molecule has 0 radical (unpaired) electrons. The summed E-state index contributed by atoms with van der Waals surface area (Å²) in [7, 11) is 0. The summed E-state index contributed by atoms with van der Waals surface area (Å²) in [6, 6.07) is 4.76. The first kappa shape index (κ1) is 23.2. The standard InChI is InChI=1S/C21H27N9O4/c1-2-33-17-11-14(7-8-16(17)31)12-23-25-21(32)18-15(13-29-9-5-3-4-6-10-29)30(28-24-18)20-19(22)26-34-27-20/h7-8,11-12,31H,2-6,9-10,13H2,1H3,(H2,22,26)(H,25,32)/b23-12-. The number of amides is 1. The maximum Gasteiger partial charge on any atom is 0.293 e. The number of carbonyl (C=O) groups excluding carboxylic acids is 1. The minimum Gasteiger partial charge on any atom is -0.504 e. The fourth-order valence-corrected chi connectivity index (χ4v) is 3.73. The van der Waals surface area contributed by atoms with E-state index >= 15 is 0 Å². The number of aromatic nitrogens is 5. The van der Waals surface area contributed by atoms with Gasteiger partial charge in [0, 0.05) is 6.54 Å². The third-order valence-corrected chi connectivity index (χ3v) is 5.41. The number of phenols is 1.